The van der Waals surface area contributed by atoms with E-state index in [4.69, 9.17) is 28.5 Å². The van der Waals surface area contributed by atoms with Gasteiger partial charge in [0.15, 0.2) is 0 Å². The number of hydrogen-bond donors (Lipinski definition) is 0. The summed E-state index contributed by atoms with van der Waals surface area (Å²) >= 11 is 11.7. The Labute approximate surface area is 100 Å². The van der Waals surface area contributed by atoms with Crippen LogP contribution in [0.3, 0.4) is 0 Å². The fraction of sp³-hybridized carbons (Fsp3) is 0.364. The van der Waals surface area contributed by atoms with E-state index in [1.54, 1.807) is 0 Å². The van der Waals surface area contributed by atoms with Crippen LogP contribution < -0.4 is 0 Å². The van der Waals surface area contributed by atoms with Crippen LogP contribution in [0, 0.1) is 11.3 Å². The van der Waals surface area contributed by atoms with E-state index in [0.29, 0.717) is 13.1 Å². The highest BCUT2D eigenvalue weighted by Crippen LogP contribution is 2.16. The standard InChI is InChI=1S/C11H12Cl2N2/c1-15(8-10(12)6-14)7-9-4-2-3-5-11(9)13/h2-5,10H,7-8H2,1H3. The molecule has 0 saturated carbocycles. The smallest absolute Gasteiger partial charge is 0.133 e. The zero-order valence-electron chi connectivity index (χ0n) is 8.45. The van der Waals surface area contributed by atoms with Crippen molar-refractivity contribution in [1.82, 2.24) is 4.90 Å². The van der Waals surface area contributed by atoms with Gasteiger partial charge in [-0.05, 0) is 18.7 Å². The first-order valence-corrected chi connectivity index (χ1v) is 5.40. The maximum absolute atomic E-state index is 8.57. The molecule has 0 aliphatic rings. The second-order valence-electron chi connectivity index (χ2n) is 3.38. The third-order valence-corrected chi connectivity index (χ3v) is 2.61. The molecule has 0 saturated heterocycles. The summed E-state index contributed by atoms with van der Waals surface area (Å²) in [5, 5.41) is 8.84. The summed E-state index contributed by atoms with van der Waals surface area (Å²) in [6.07, 6.45) is 0. The molecule has 1 unspecified atom stereocenters. The summed E-state index contributed by atoms with van der Waals surface area (Å²) in [6, 6.07) is 9.64. The lowest BCUT2D eigenvalue weighted by molar-refractivity contribution is 0.337. The van der Waals surface area contributed by atoms with Gasteiger partial charge in [-0.3, -0.25) is 4.90 Å². The minimum Gasteiger partial charge on any atom is -0.300 e. The molecule has 1 aromatic carbocycles. The van der Waals surface area contributed by atoms with E-state index in [1.807, 2.05) is 42.3 Å². The van der Waals surface area contributed by atoms with E-state index in [-0.39, 0.29) is 0 Å². The quantitative estimate of drug-likeness (QED) is 0.760. The molecule has 0 amide bonds. The Balaban J connectivity index is 2.56. The fourth-order valence-corrected chi connectivity index (χ4v) is 1.73. The Morgan fingerprint density at radius 1 is 1.47 bits per heavy atom. The first-order valence-electron chi connectivity index (χ1n) is 4.59. The molecule has 0 spiro atoms. The summed E-state index contributed by atoms with van der Waals surface area (Å²) in [7, 11) is 1.91. The number of halogens is 2. The van der Waals surface area contributed by atoms with Gasteiger partial charge in [0.2, 0.25) is 0 Å². The summed E-state index contributed by atoms with van der Waals surface area (Å²) in [6.45, 7) is 1.23. The molecule has 80 valence electrons. The van der Waals surface area contributed by atoms with Crippen LogP contribution in [0.1, 0.15) is 5.56 Å². The Morgan fingerprint density at radius 3 is 2.73 bits per heavy atom. The van der Waals surface area contributed by atoms with E-state index in [1.165, 1.54) is 0 Å². The van der Waals surface area contributed by atoms with Crippen molar-refractivity contribution >= 4 is 23.2 Å². The molecule has 1 aromatic rings. The van der Waals surface area contributed by atoms with Crippen LogP contribution in [0.4, 0.5) is 0 Å². The molecule has 15 heavy (non-hydrogen) atoms. The highest BCUT2D eigenvalue weighted by atomic mass is 35.5. The average molecular weight is 243 g/mol. The van der Waals surface area contributed by atoms with Crippen molar-refractivity contribution in [2.75, 3.05) is 13.6 Å². The third-order valence-electron chi connectivity index (χ3n) is 2.01. The van der Waals surface area contributed by atoms with Gasteiger partial charge in [0, 0.05) is 18.1 Å². The molecule has 2 nitrogen and oxygen atoms in total. The van der Waals surface area contributed by atoms with Gasteiger partial charge in [-0.1, -0.05) is 29.8 Å². The Bertz CT molecular complexity index is 360. The van der Waals surface area contributed by atoms with Crippen LogP contribution in [0.25, 0.3) is 0 Å². The lowest BCUT2D eigenvalue weighted by Crippen LogP contribution is -2.25. The van der Waals surface area contributed by atoms with Crippen LogP contribution in [0.5, 0.6) is 0 Å². The molecule has 1 rings (SSSR count). The van der Waals surface area contributed by atoms with Crippen LogP contribution in [-0.4, -0.2) is 23.9 Å². The minimum absolute atomic E-state index is 0.475. The Morgan fingerprint density at radius 2 is 2.13 bits per heavy atom. The predicted octanol–water partition coefficient (Wildman–Crippen LogP) is 2.90. The molecule has 0 aromatic heterocycles. The molecule has 4 heteroatoms. The van der Waals surface area contributed by atoms with Gasteiger partial charge in [0.1, 0.15) is 5.38 Å². The molecule has 0 radical (unpaired) electrons. The van der Waals surface area contributed by atoms with Crippen molar-refractivity contribution in [3.8, 4) is 6.07 Å². The van der Waals surface area contributed by atoms with Crippen molar-refractivity contribution in [2.45, 2.75) is 11.9 Å². The maximum atomic E-state index is 8.57. The van der Waals surface area contributed by atoms with E-state index in [9.17, 15) is 0 Å². The molecule has 0 N–H and O–H groups in total. The van der Waals surface area contributed by atoms with Gasteiger partial charge in [0.25, 0.3) is 0 Å². The fourth-order valence-electron chi connectivity index (χ4n) is 1.30. The monoisotopic (exact) mass is 242 g/mol. The maximum Gasteiger partial charge on any atom is 0.133 e. The number of hydrogen-bond acceptors (Lipinski definition) is 2. The Kier molecular flexibility index (Phi) is 4.90. The first-order chi connectivity index (χ1) is 7.13. The highest BCUT2D eigenvalue weighted by molar-refractivity contribution is 6.31. The highest BCUT2D eigenvalue weighted by Gasteiger charge is 2.08. The van der Waals surface area contributed by atoms with E-state index in [2.05, 4.69) is 0 Å². The summed E-state index contributed by atoms with van der Waals surface area (Å²) in [5.74, 6) is 0. The van der Waals surface area contributed by atoms with Gasteiger partial charge in [-0.15, -0.1) is 11.6 Å². The van der Waals surface area contributed by atoms with Crippen LogP contribution in [-0.2, 0) is 6.54 Å². The molecule has 0 fully saturated rings. The number of nitriles is 1. The van der Waals surface area contributed by atoms with Crippen LogP contribution >= 0.6 is 23.2 Å². The molecule has 0 bridgehead atoms. The summed E-state index contributed by atoms with van der Waals surface area (Å²) in [4.78, 5) is 1.97. The zero-order valence-corrected chi connectivity index (χ0v) is 9.96. The van der Waals surface area contributed by atoms with E-state index >= 15 is 0 Å². The van der Waals surface area contributed by atoms with Gasteiger partial charge in [-0.2, -0.15) is 5.26 Å². The second kappa shape index (κ2) is 5.97. The van der Waals surface area contributed by atoms with Crippen LogP contribution in [0.2, 0.25) is 5.02 Å². The number of nitrogens with zero attached hydrogens (tertiary/aromatic N) is 2. The van der Waals surface area contributed by atoms with Crippen molar-refractivity contribution in [1.29, 1.82) is 5.26 Å². The van der Waals surface area contributed by atoms with Gasteiger partial charge in [0.05, 0.1) is 6.07 Å². The zero-order chi connectivity index (χ0) is 11.3. The van der Waals surface area contributed by atoms with Crippen molar-refractivity contribution in [2.24, 2.45) is 0 Å². The molecular formula is C11H12Cl2N2. The average Bonchev–Trinajstić information content (AvgIpc) is 2.21. The summed E-state index contributed by atoms with van der Waals surface area (Å²) in [5.41, 5.74) is 1.04. The lowest BCUT2D eigenvalue weighted by atomic mass is 10.2. The molecule has 0 aliphatic heterocycles. The van der Waals surface area contributed by atoms with Gasteiger partial charge in [-0.25, -0.2) is 0 Å². The van der Waals surface area contributed by atoms with Crippen molar-refractivity contribution < 1.29 is 0 Å². The van der Waals surface area contributed by atoms with Gasteiger partial charge < -0.3 is 0 Å². The molecular weight excluding hydrogens is 231 g/mol. The normalized spacial score (nSPS) is 12.5. The number of alkyl halides is 1. The number of rotatable bonds is 4. The summed E-state index contributed by atoms with van der Waals surface area (Å²) < 4.78 is 0. The second-order valence-corrected chi connectivity index (χ2v) is 4.32. The molecule has 1 atom stereocenters. The first kappa shape index (κ1) is 12.3. The topological polar surface area (TPSA) is 27.0 Å². The number of benzene rings is 1. The Hall–Kier alpha value is -0.750. The van der Waals surface area contributed by atoms with Gasteiger partial charge >= 0.3 is 0 Å². The predicted molar refractivity (Wildman–Crippen MR) is 63.0 cm³/mol. The molecule has 0 heterocycles. The SMILES string of the molecule is CN(Cc1ccccc1Cl)CC(Cl)C#N. The largest absolute Gasteiger partial charge is 0.300 e. The third kappa shape index (κ3) is 4.09. The lowest BCUT2D eigenvalue weighted by Gasteiger charge is -2.17. The van der Waals surface area contributed by atoms with E-state index in [0.717, 1.165) is 10.6 Å². The molecule has 0 aliphatic carbocycles. The van der Waals surface area contributed by atoms with E-state index < -0.39 is 5.38 Å². The van der Waals surface area contributed by atoms with Crippen molar-refractivity contribution in [3.63, 3.8) is 0 Å². The van der Waals surface area contributed by atoms with Crippen molar-refractivity contribution in [3.05, 3.63) is 34.9 Å². The minimum atomic E-state index is -0.475. The van der Waals surface area contributed by atoms with Crippen LogP contribution in [0.15, 0.2) is 24.3 Å².